The standard InChI is InChI=1S/C18H23N3O/c1-12(2)19-18(22)21-16-8-6-15(7-9-16)20-17-10-5-13(3)11-14(17)4/h5-12,20H,1-4H3,(H2,19,21,22). The van der Waals surface area contributed by atoms with Gasteiger partial charge in [0, 0.05) is 23.1 Å². The number of amides is 2. The maximum absolute atomic E-state index is 11.6. The summed E-state index contributed by atoms with van der Waals surface area (Å²) in [6, 6.07) is 13.9. The van der Waals surface area contributed by atoms with E-state index in [0.717, 1.165) is 17.1 Å². The van der Waals surface area contributed by atoms with Crippen LogP contribution in [0.4, 0.5) is 21.9 Å². The Morgan fingerprint density at radius 3 is 2.18 bits per heavy atom. The van der Waals surface area contributed by atoms with Gasteiger partial charge in [0.25, 0.3) is 0 Å². The minimum absolute atomic E-state index is 0.116. The van der Waals surface area contributed by atoms with Crippen molar-refractivity contribution in [1.82, 2.24) is 5.32 Å². The van der Waals surface area contributed by atoms with Crippen molar-refractivity contribution < 1.29 is 4.79 Å². The number of carbonyl (C=O) groups excluding carboxylic acids is 1. The number of nitrogens with one attached hydrogen (secondary N) is 3. The molecule has 116 valence electrons. The van der Waals surface area contributed by atoms with Gasteiger partial charge >= 0.3 is 6.03 Å². The predicted molar refractivity (Wildman–Crippen MR) is 92.9 cm³/mol. The van der Waals surface area contributed by atoms with Gasteiger partial charge in [-0.2, -0.15) is 0 Å². The van der Waals surface area contributed by atoms with Gasteiger partial charge in [-0.15, -0.1) is 0 Å². The summed E-state index contributed by atoms with van der Waals surface area (Å²) in [6.07, 6.45) is 0. The van der Waals surface area contributed by atoms with Gasteiger partial charge < -0.3 is 16.0 Å². The van der Waals surface area contributed by atoms with E-state index in [1.807, 2.05) is 38.1 Å². The van der Waals surface area contributed by atoms with E-state index < -0.39 is 0 Å². The number of anilines is 3. The van der Waals surface area contributed by atoms with Crippen LogP contribution in [0.2, 0.25) is 0 Å². The van der Waals surface area contributed by atoms with Crippen molar-refractivity contribution in [1.29, 1.82) is 0 Å². The summed E-state index contributed by atoms with van der Waals surface area (Å²) in [7, 11) is 0. The van der Waals surface area contributed by atoms with Crippen LogP contribution in [-0.4, -0.2) is 12.1 Å². The van der Waals surface area contributed by atoms with E-state index in [1.54, 1.807) is 0 Å². The first-order valence-corrected chi connectivity index (χ1v) is 7.46. The Kier molecular flexibility index (Phi) is 5.04. The molecule has 0 saturated carbocycles. The van der Waals surface area contributed by atoms with Crippen molar-refractivity contribution in [3.05, 3.63) is 53.6 Å². The van der Waals surface area contributed by atoms with Gasteiger partial charge in [-0.05, 0) is 63.6 Å². The number of hydrogen-bond acceptors (Lipinski definition) is 2. The van der Waals surface area contributed by atoms with Gasteiger partial charge in [0.2, 0.25) is 0 Å². The molecule has 4 heteroatoms. The maximum Gasteiger partial charge on any atom is 0.319 e. The summed E-state index contributed by atoms with van der Waals surface area (Å²) in [5, 5.41) is 8.98. The van der Waals surface area contributed by atoms with E-state index in [1.165, 1.54) is 11.1 Å². The zero-order chi connectivity index (χ0) is 16.1. The van der Waals surface area contributed by atoms with Crippen molar-refractivity contribution in [2.75, 3.05) is 10.6 Å². The second-order valence-corrected chi connectivity index (χ2v) is 5.77. The Labute approximate surface area is 131 Å². The lowest BCUT2D eigenvalue weighted by Gasteiger charge is -2.12. The second-order valence-electron chi connectivity index (χ2n) is 5.77. The Balaban J connectivity index is 2.01. The Morgan fingerprint density at radius 1 is 0.955 bits per heavy atom. The zero-order valence-corrected chi connectivity index (χ0v) is 13.5. The molecule has 0 aliphatic rings. The van der Waals surface area contributed by atoms with Gasteiger partial charge in [0.1, 0.15) is 0 Å². The number of aryl methyl sites for hydroxylation is 2. The molecule has 2 rings (SSSR count). The van der Waals surface area contributed by atoms with Crippen LogP contribution in [0, 0.1) is 13.8 Å². The van der Waals surface area contributed by atoms with Gasteiger partial charge in [-0.25, -0.2) is 4.79 Å². The van der Waals surface area contributed by atoms with Crippen molar-refractivity contribution >= 4 is 23.1 Å². The van der Waals surface area contributed by atoms with Crippen LogP contribution in [0.15, 0.2) is 42.5 Å². The summed E-state index contributed by atoms with van der Waals surface area (Å²) in [5.74, 6) is 0. The van der Waals surface area contributed by atoms with E-state index in [2.05, 4.69) is 48.0 Å². The van der Waals surface area contributed by atoms with Crippen LogP contribution in [0.5, 0.6) is 0 Å². The fraction of sp³-hybridized carbons (Fsp3) is 0.278. The molecule has 0 aliphatic carbocycles. The third-order valence-corrected chi connectivity index (χ3v) is 3.22. The van der Waals surface area contributed by atoms with Gasteiger partial charge in [0.15, 0.2) is 0 Å². The summed E-state index contributed by atoms with van der Waals surface area (Å²) >= 11 is 0. The zero-order valence-electron chi connectivity index (χ0n) is 13.5. The topological polar surface area (TPSA) is 53.2 Å². The summed E-state index contributed by atoms with van der Waals surface area (Å²) < 4.78 is 0. The van der Waals surface area contributed by atoms with Crippen molar-refractivity contribution in [2.45, 2.75) is 33.7 Å². The molecule has 22 heavy (non-hydrogen) atoms. The third kappa shape index (κ3) is 4.52. The normalized spacial score (nSPS) is 10.4. The molecule has 2 aromatic rings. The predicted octanol–water partition coefficient (Wildman–Crippen LogP) is 4.58. The molecule has 2 aromatic carbocycles. The lowest BCUT2D eigenvalue weighted by atomic mass is 10.1. The maximum atomic E-state index is 11.6. The van der Waals surface area contributed by atoms with Gasteiger partial charge in [-0.3, -0.25) is 0 Å². The van der Waals surface area contributed by atoms with Crippen LogP contribution < -0.4 is 16.0 Å². The van der Waals surface area contributed by atoms with Crippen molar-refractivity contribution in [3.8, 4) is 0 Å². The molecule has 0 fully saturated rings. The average Bonchev–Trinajstić information content (AvgIpc) is 2.43. The number of rotatable bonds is 4. The van der Waals surface area contributed by atoms with Crippen LogP contribution in [0.3, 0.4) is 0 Å². The van der Waals surface area contributed by atoms with Crippen LogP contribution in [0.25, 0.3) is 0 Å². The Morgan fingerprint density at radius 2 is 1.59 bits per heavy atom. The molecular weight excluding hydrogens is 274 g/mol. The lowest BCUT2D eigenvalue weighted by Crippen LogP contribution is -2.34. The van der Waals surface area contributed by atoms with E-state index >= 15 is 0 Å². The smallest absolute Gasteiger partial charge is 0.319 e. The van der Waals surface area contributed by atoms with E-state index in [-0.39, 0.29) is 12.1 Å². The highest BCUT2D eigenvalue weighted by Gasteiger charge is 2.04. The number of hydrogen-bond donors (Lipinski definition) is 3. The van der Waals surface area contributed by atoms with Crippen molar-refractivity contribution in [2.24, 2.45) is 0 Å². The van der Waals surface area contributed by atoms with Crippen LogP contribution in [-0.2, 0) is 0 Å². The molecule has 0 radical (unpaired) electrons. The summed E-state index contributed by atoms with van der Waals surface area (Å²) in [6.45, 7) is 8.02. The minimum Gasteiger partial charge on any atom is -0.355 e. The van der Waals surface area contributed by atoms with E-state index in [4.69, 9.17) is 0 Å². The highest BCUT2D eigenvalue weighted by molar-refractivity contribution is 5.89. The molecular formula is C18H23N3O. The fourth-order valence-corrected chi connectivity index (χ4v) is 2.18. The first-order chi connectivity index (χ1) is 10.4. The summed E-state index contributed by atoms with van der Waals surface area (Å²) in [5.41, 5.74) is 5.30. The molecule has 0 atom stereocenters. The molecule has 0 aromatic heterocycles. The molecule has 0 spiro atoms. The van der Waals surface area contributed by atoms with Gasteiger partial charge in [-0.1, -0.05) is 17.7 Å². The largest absolute Gasteiger partial charge is 0.355 e. The Hall–Kier alpha value is -2.49. The molecule has 0 heterocycles. The highest BCUT2D eigenvalue weighted by atomic mass is 16.2. The highest BCUT2D eigenvalue weighted by Crippen LogP contribution is 2.22. The first kappa shape index (κ1) is 15.9. The second kappa shape index (κ2) is 6.98. The van der Waals surface area contributed by atoms with Crippen LogP contribution >= 0.6 is 0 Å². The molecule has 2 amide bonds. The molecule has 0 saturated heterocycles. The quantitative estimate of drug-likeness (QED) is 0.774. The van der Waals surface area contributed by atoms with E-state index in [9.17, 15) is 4.79 Å². The first-order valence-electron chi connectivity index (χ1n) is 7.46. The molecule has 3 N–H and O–H groups in total. The SMILES string of the molecule is Cc1ccc(Nc2ccc(NC(=O)NC(C)C)cc2)c(C)c1. The molecule has 4 nitrogen and oxygen atoms in total. The third-order valence-electron chi connectivity index (χ3n) is 3.22. The lowest BCUT2D eigenvalue weighted by molar-refractivity contribution is 0.250. The Bertz CT molecular complexity index is 648. The number of carbonyl (C=O) groups is 1. The minimum atomic E-state index is -0.190. The van der Waals surface area contributed by atoms with Crippen molar-refractivity contribution in [3.63, 3.8) is 0 Å². The fourth-order valence-electron chi connectivity index (χ4n) is 2.18. The number of urea groups is 1. The molecule has 0 aliphatic heterocycles. The summed E-state index contributed by atoms with van der Waals surface area (Å²) in [4.78, 5) is 11.6. The monoisotopic (exact) mass is 297 g/mol. The number of benzene rings is 2. The van der Waals surface area contributed by atoms with E-state index in [0.29, 0.717) is 0 Å². The molecule has 0 bridgehead atoms. The van der Waals surface area contributed by atoms with Crippen LogP contribution in [0.1, 0.15) is 25.0 Å². The molecule has 0 unspecified atom stereocenters. The van der Waals surface area contributed by atoms with Gasteiger partial charge in [0.05, 0.1) is 0 Å². The average molecular weight is 297 g/mol.